The Balaban J connectivity index is 1.39. The lowest BCUT2D eigenvalue weighted by molar-refractivity contribution is -0.0488. The van der Waals surface area contributed by atoms with E-state index in [9.17, 15) is 9.59 Å². The molecule has 0 aliphatic carbocycles. The summed E-state index contributed by atoms with van der Waals surface area (Å²) in [6, 6.07) is 15.8. The summed E-state index contributed by atoms with van der Waals surface area (Å²) in [5.74, 6) is 0.386. The first-order chi connectivity index (χ1) is 19.4. The SMILES string of the molecule is CCCc1c(Cc2ccc(-c3ccccc3-c3noc(=O)[nH]3)cc2)c(=O)n([C@H]2C[C@@H](C)O[C@@H](C)C2)c2ncnn12. The number of rotatable bonds is 7. The summed E-state index contributed by atoms with van der Waals surface area (Å²) in [5.41, 5.74) is 5.33. The van der Waals surface area contributed by atoms with Crippen molar-refractivity contribution in [1.29, 1.82) is 0 Å². The van der Waals surface area contributed by atoms with Crippen LogP contribution in [0.3, 0.4) is 0 Å². The maximum atomic E-state index is 14.2. The van der Waals surface area contributed by atoms with Crippen LogP contribution in [0, 0.1) is 0 Å². The molecule has 0 amide bonds. The topological polar surface area (TPSA) is 120 Å². The summed E-state index contributed by atoms with van der Waals surface area (Å²) in [6.45, 7) is 6.22. The molecule has 2 aromatic carbocycles. The van der Waals surface area contributed by atoms with Crippen LogP contribution in [-0.4, -0.2) is 41.5 Å². The van der Waals surface area contributed by atoms with E-state index in [0.717, 1.165) is 59.2 Å². The number of hydrogen-bond donors (Lipinski definition) is 1. The number of aryl methyl sites for hydroxylation is 1. The molecule has 10 heteroatoms. The number of hydrogen-bond acceptors (Lipinski definition) is 7. The van der Waals surface area contributed by atoms with E-state index < -0.39 is 5.76 Å². The number of nitrogens with zero attached hydrogens (tertiary/aromatic N) is 5. The van der Waals surface area contributed by atoms with E-state index in [2.05, 4.69) is 41.0 Å². The number of fused-ring (bicyclic) bond motifs is 1. The second kappa shape index (κ2) is 10.7. The third-order valence-electron chi connectivity index (χ3n) is 7.62. The Morgan fingerprint density at radius 3 is 2.40 bits per heavy atom. The van der Waals surface area contributed by atoms with E-state index in [1.807, 2.05) is 57.6 Å². The highest BCUT2D eigenvalue weighted by Crippen LogP contribution is 2.31. The first-order valence-corrected chi connectivity index (χ1v) is 13.8. The Bertz CT molecular complexity index is 1750. The molecule has 1 fully saturated rings. The van der Waals surface area contributed by atoms with Crippen LogP contribution in [0.15, 0.2) is 69.0 Å². The van der Waals surface area contributed by atoms with Gasteiger partial charge in [0.05, 0.1) is 17.9 Å². The van der Waals surface area contributed by atoms with Gasteiger partial charge >= 0.3 is 5.76 Å². The highest BCUT2D eigenvalue weighted by Gasteiger charge is 2.30. The number of ether oxygens (including phenoxy) is 1. The molecule has 0 radical (unpaired) electrons. The van der Waals surface area contributed by atoms with Crippen molar-refractivity contribution < 1.29 is 9.26 Å². The second-order valence-corrected chi connectivity index (χ2v) is 10.6. The number of aromatic nitrogens is 6. The van der Waals surface area contributed by atoms with E-state index in [-0.39, 0.29) is 23.8 Å². The van der Waals surface area contributed by atoms with E-state index in [1.54, 1.807) is 0 Å². The van der Waals surface area contributed by atoms with Crippen molar-refractivity contribution in [2.24, 2.45) is 0 Å². The Kier molecular flexibility index (Phi) is 6.93. The number of H-pyrrole nitrogens is 1. The van der Waals surface area contributed by atoms with Crippen LogP contribution >= 0.6 is 0 Å². The van der Waals surface area contributed by atoms with Gasteiger partial charge in [-0.2, -0.15) is 10.1 Å². The van der Waals surface area contributed by atoms with Gasteiger partial charge in [0, 0.05) is 23.6 Å². The van der Waals surface area contributed by atoms with E-state index in [4.69, 9.17) is 9.26 Å². The Morgan fingerprint density at radius 1 is 1.00 bits per heavy atom. The first-order valence-electron chi connectivity index (χ1n) is 13.8. The molecule has 206 valence electrons. The molecule has 4 heterocycles. The Labute approximate surface area is 230 Å². The van der Waals surface area contributed by atoms with Crippen molar-refractivity contribution in [3.63, 3.8) is 0 Å². The zero-order chi connectivity index (χ0) is 27.8. The summed E-state index contributed by atoms with van der Waals surface area (Å²) in [5, 5.41) is 8.40. The van der Waals surface area contributed by atoms with Gasteiger partial charge < -0.3 is 4.74 Å². The lowest BCUT2D eigenvalue weighted by Crippen LogP contribution is -2.38. The third-order valence-corrected chi connectivity index (χ3v) is 7.62. The molecule has 40 heavy (non-hydrogen) atoms. The standard InChI is InChI=1S/C30H32N6O4/c1-4-7-26-25(28(37)35(29-31-17-32-36(26)29)22-14-18(2)39-19(3)15-22)16-20-10-12-21(13-11-20)23-8-5-6-9-24(23)27-33-30(38)40-34-27/h5-6,8-13,17-19,22H,4,7,14-16H2,1-3H3,(H,33,34,38)/t18-,19+,22+. The molecule has 1 aliphatic heterocycles. The van der Waals surface area contributed by atoms with Crippen LogP contribution in [-0.2, 0) is 17.6 Å². The minimum absolute atomic E-state index is 0.000316. The van der Waals surface area contributed by atoms with Crippen LogP contribution in [0.4, 0.5) is 0 Å². The normalized spacial score (nSPS) is 19.3. The summed E-state index contributed by atoms with van der Waals surface area (Å²) in [6.07, 6.45) is 5.27. The molecule has 10 nitrogen and oxygen atoms in total. The average molecular weight is 541 g/mol. The number of aromatic amines is 1. The highest BCUT2D eigenvalue weighted by atomic mass is 16.5. The predicted molar refractivity (Wildman–Crippen MR) is 150 cm³/mol. The maximum absolute atomic E-state index is 14.2. The van der Waals surface area contributed by atoms with Crippen LogP contribution in [0.2, 0.25) is 0 Å². The fourth-order valence-corrected chi connectivity index (χ4v) is 5.95. The molecule has 3 aromatic heterocycles. The Morgan fingerprint density at radius 2 is 1.73 bits per heavy atom. The quantitative estimate of drug-likeness (QED) is 0.321. The third kappa shape index (κ3) is 4.79. The molecule has 1 aliphatic rings. The largest absolute Gasteiger partial charge is 0.439 e. The van der Waals surface area contributed by atoms with E-state index >= 15 is 0 Å². The van der Waals surface area contributed by atoms with Crippen LogP contribution in [0.5, 0.6) is 0 Å². The molecule has 0 bridgehead atoms. The minimum atomic E-state index is -0.595. The van der Waals surface area contributed by atoms with Crippen molar-refractivity contribution in [2.45, 2.75) is 71.1 Å². The smallest absolute Gasteiger partial charge is 0.375 e. The second-order valence-electron chi connectivity index (χ2n) is 10.6. The number of nitrogens with one attached hydrogen (secondary N) is 1. The molecule has 3 atom stereocenters. The zero-order valence-corrected chi connectivity index (χ0v) is 22.8. The molecule has 6 rings (SSSR count). The van der Waals surface area contributed by atoms with E-state index in [1.165, 1.54) is 6.33 Å². The van der Waals surface area contributed by atoms with Crippen molar-refractivity contribution in [2.75, 3.05) is 0 Å². The van der Waals surface area contributed by atoms with Crippen molar-refractivity contribution in [3.8, 4) is 22.5 Å². The molecule has 0 unspecified atom stereocenters. The van der Waals surface area contributed by atoms with Crippen molar-refractivity contribution in [1.82, 2.24) is 29.3 Å². The fourth-order valence-electron chi connectivity index (χ4n) is 5.95. The van der Waals surface area contributed by atoms with Crippen LogP contribution in [0.1, 0.15) is 62.9 Å². The molecular formula is C30H32N6O4. The van der Waals surface area contributed by atoms with Gasteiger partial charge in [-0.15, -0.1) is 0 Å². The molecule has 0 spiro atoms. The highest BCUT2D eigenvalue weighted by molar-refractivity contribution is 5.80. The summed E-state index contributed by atoms with van der Waals surface area (Å²) in [4.78, 5) is 32.9. The monoisotopic (exact) mass is 540 g/mol. The van der Waals surface area contributed by atoms with E-state index in [0.29, 0.717) is 18.0 Å². The summed E-state index contributed by atoms with van der Waals surface area (Å²) in [7, 11) is 0. The van der Waals surface area contributed by atoms with Gasteiger partial charge in [0.25, 0.3) is 5.56 Å². The molecule has 1 N–H and O–H groups in total. The summed E-state index contributed by atoms with van der Waals surface area (Å²) >= 11 is 0. The van der Waals surface area contributed by atoms with Crippen molar-refractivity contribution in [3.05, 3.63) is 92.6 Å². The predicted octanol–water partition coefficient (Wildman–Crippen LogP) is 4.57. The first kappa shape index (κ1) is 25.9. The van der Waals surface area contributed by atoms with Gasteiger partial charge in [0.1, 0.15) is 6.33 Å². The van der Waals surface area contributed by atoms with Crippen molar-refractivity contribution >= 4 is 5.78 Å². The van der Waals surface area contributed by atoms with Gasteiger partial charge in [-0.05, 0) is 49.8 Å². The molecular weight excluding hydrogens is 508 g/mol. The van der Waals surface area contributed by atoms with Gasteiger partial charge in [0.2, 0.25) is 5.78 Å². The summed E-state index contributed by atoms with van der Waals surface area (Å²) < 4.78 is 14.4. The van der Waals surface area contributed by atoms with Gasteiger partial charge in [-0.3, -0.25) is 18.9 Å². The Hall–Kier alpha value is -4.31. The number of benzene rings is 2. The van der Waals surface area contributed by atoms with Crippen LogP contribution < -0.4 is 11.3 Å². The molecule has 0 saturated carbocycles. The lowest BCUT2D eigenvalue weighted by atomic mass is 9.95. The lowest BCUT2D eigenvalue weighted by Gasteiger charge is -2.33. The zero-order valence-electron chi connectivity index (χ0n) is 22.8. The fraction of sp³-hybridized carbons (Fsp3) is 0.367. The molecule has 1 saturated heterocycles. The average Bonchev–Trinajstić information content (AvgIpc) is 3.60. The van der Waals surface area contributed by atoms with Gasteiger partial charge in [0.15, 0.2) is 5.82 Å². The van der Waals surface area contributed by atoms with Gasteiger partial charge in [-0.1, -0.05) is 67.0 Å². The van der Waals surface area contributed by atoms with Crippen LogP contribution in [0.25, 0.3) is 28.3 Å². The minimum Gasteiger partial charge on any atom is -0.375 e. The maximum Gasteiger partial charge on any atom is 0.439 e. The molecule has 5 aromatic rings. The van der Waals surface area contributed by atoms with Gasteiger partial charge in [-0.25, -0.2) is 9.31 Å².